The molecule has 0 radical (unpaired) electrons. The first-order valence-electron chi connectivity index (χ1n) is 48.2. The molecule has 12 heteroatoms. The second-order valence-corrected chi connectivity index (χ2v) is 39.7. The molecule has 0 unspecified atom stereocenters. The fraction of sp³-hybridized carbons (Fsp3) is 0.725. The lowest BCUT2D eigenvalue weighted by atomic mass is 9.87. The Labute approximate surface area is 730 Å². The van der Waals surface area contributed by atoms with Crippen molar-refractivity contribution in [3.63, 3.8) is 0 Å². The largest absolute Gasteiger partial charge is 0.505 e. The highest BCUT2D eigenvalue weighted by Crippen LogP contribution is 2.41. The van der Waals surface area contributed by atoms with E-state index in [9.17, 15) is 0 Å². The summed E-state index contributed by atoms with van der Waals surface area (Å²) in [4.78, 5) is 24.2. The first-order valence-corrected chi connectivity index (χ1v) is 52.5. The third kappa shape index (κ3) is 38.9. The number of aryl methyl sites for hydroxylation is 7. The first kappa shape index (κ1) is 100.0. The number of thiophene rings is 3. The van der Waals surface area contributed by atoms with Crippen molar-refractivity contribution in [2.24, 2.45) is 0 Å². The third-order valence-electron chi connectivity index (χ3n) is 24.4. The summed E-state index contributed by atoms with van der Waals surface area (Å²) in [5.41, 5.74) is 15.8. The van der Waals surface area contributed by atoms with E-state index in [0.717, 1.165) is 56.7 Å². The number of aromatic nitrogens is 4. The minimum atomic E-state index is -0.252. The van der Waals surface area contributed by atoms with Crippen LogP contribution in [0.3, 0.4) is 0 Å². The molecule has 8 rings (SSSR count). The first-order chi connectivity index (χ1) is 55.7. The molecule has 0 bridgehead atoms. The monoisotopic (exact) mass is 1740 g/mol. The second kappa shape index (κ2) is 61.5. The van der Waals surface area contributed by atoms with Crippen molar-refractivity contribution in [3.8, 4) is 20.9 Å². The van der Waals surface area contributed by atoms with Crippen LogP contribution in [-0.2, 0) is 54.3 Å². The predicted octanol–water partition coefficient (Wildman–Crippen LogP) is 35.3. The van der Waals surface area contributed by atoms with Gasteiger partial charge >= 0.3 is 7.12 Å². The van der Waals surface area contributed by atoms with Gasteiger partial charge in [-0.25, -0.2) is 19.9 Å². The number of hydrogen-bond donors (Lipinski definition) is 0. The van der Waals surface area contributed by atoms with Gasteiger partial charge in [0.2, 0.25) is 0 Å². The lowest BCUT2D eigenvalue weighted by Crippen LogP contribution is -2.41. The Balaban J connectivity index is 0.000000308. The summed E-state index contributed by atoms with van der Waals surface area (Å²) in [7, 11) is -0.202. The fourth-order valence-electron chi connectivity index (χ4n) is 16.2. The quantitative estimate of drug-likeness (QED) is 0.0279. The van der Waals surface area contributed by atoms with Crippen molar-refractivity contribution in [1.82, 2.24) is 19.9 Å². The van der Waals surface area contributed by atoms with Gasteiger partial charge in [0.15, 0.2) is 0 Å². The number of halogens is 2. The van der Waals surface area contributed by atoms with Crippen molar-refractivity contribution in [2.45, 2.75) is 479 Å². The van der Waals surface area contributed by atoms with Gasteiger partial charge in [0.25, 0.3) is 0 Å². The third-order valence-corrected chi connectivity index (χ3v) is 28.7. The molecule has 6 nitrogen and oxygen atoms in total. The molecule has 7 aromatic rings. The SMILES string of the molecule is CCCCCCCCCCCCc1csc(-c2ccc(-c3cc(CCCCCCCCCCCC)cs3)c3nc(CCCCCCCC)c(CCCCCCCC)nc23)c1.CCCCCCCCCCCCc1csc(B2OC(C)(C)C(C)(C)O2)c1.CCCCCCCCc1nc2c(Br)ccc(Br)c2nc1CCCCCCCC. The average Bonchev–Trinajstić information content (AvgIpc) is 1.26. The molecule has 1 aliphatic rings. The normalized spacial score (nSPS) is 13.2. The Morgan fingerprint density at radius 1 is 0.272 bits per heavy atom. The Hall–Kier alpha value is -2.84. The number of unbranched alkanes of at least 4 members (excludes halogenated alkanes) is 47. The molecule has 0 amide bonds. The zero-order chi connectivity index (χ0) is 81.5. The maximum Gasteiger partial charge on any atom is 0.505 e. The maximum absolute atomic E-state index is 6.16. The molecule has 0 saturated carbocycles. The van der Waals surface area contributed by atoms with Crippen molar-refractivity contribution >= 4 is 99.8 Å². The molecule has 5 aromatic heterocycles. The number of rotatable bonds is 64. The number of benzene rings is 2. The van der Waals surface area contributed by atoms with Crippen molar-refractivity contribution in [3.05, 3.63) is 107 Å². The topological polar surface area (TPSA) is 70.0 Å². The minimum Gasteiger partial charge on any atom is -0.399 e. The van der Waals surface area contributed by atoms with Crippen LogP contribution >= 0.6 is 65.9 Å². The van der Waals surface area contributed by atoms with Crippen LogP contribution in [0.5, 0.6) is 0 Å². The van der Waals surface area contributed by atoms with E-state index >= 15 is 0 Å². The van der Waals surface area contributed by atoms with Crippen molar-refractivity contribution < 1.29 is 9.31 Å². The number of nitrogens with zero attached hydrogens (tertiary/aromatic N) is 4. The highest BCUT2D eigenvalue weighted by molar-refractivity contribution is 9.11. The summed E-state index contributed by atoms with van der Waals surface area (Å²) in [6.45, 7) is 24.5. The molecule has 640 valence electrons. The van der Waals surface area contributed by atoms with Gasteiger partial charge < -0.3 is 9.31 Å². The molecular formula is C102H165BBr2N4O2S3. The molecule has 1 saturated heterocycles. The molecule has 1 fully saturated rings. The molecule has 6 heterocycles. The average molecular weight is 1750 g/mol. The maximum atomic E-state index is 6.16. The Kier molecular flexibility index (Phi) is 53.9. The van der Waals surface area contributed by atoms with Gasteiger partial charge in [0.05, 0.1) is 45.0 Å². The van der Waals surface area contributed by atoms with Gasteiger partial charge in [0, 0.05) is 34.6 Å². The summed E-state index contributed by atoms with van der Waals surface area (Å²) < 4.78 is 15.6. The Morgan fingerprint density at radius 3 is 0.754 bits per heavy atom. The molecule has 0 spiro atoms. The van der Waals surface area contributed by atoms with Crippen LogP contribution in [0.15, 0.2) is 67.6 Å². The molecule has 0 aliphatic carbocycles. The van der Waals surface area contributed by atoms with Crippen LogP contribution in [0.2, 0.25) is 0 Å². The smallest absolute Gasteiger partial charge is 0.399 e. The van der Waals surface area contributed by atoms with E-state index in [0.29, 0.717) is 0 Å². The van der Waals surface area contributed by atoms with Gasteiger partial charge in [-0.15, -0.1) is 22.7 Å². The van der Waals surface area contributed by atoms with Gasteiger partial charge in [-0.05, 0) is 213 Å². The molecule has 114 heavy (non-hydrogen) atoms. The van der Waals surface area contributed by atoms with E-state index in [1.54, 1.807) is 11.3 Å². The minimum absolute atomic E-state index is 0.202. The second-order valence-electron chi connectivity index (χ2n) is 35.3. The van der Waals surface area contributed by atoms with Crippen LogP contribution in [0.25, 0.3) is 42.9 Å². The molecular weight excluding hydrogens is 1580 g/mol. The van der Waals surface area contributed by atoms with Crippen LogP contribution in [0, 0.1) is 0 Å². The number of fused-ring (bicyclic) bond motifs is 2. The highest BCUT2D eigenvalue weighted by Gasteiger charge is 2.52. The summed E-state index contributed by atoms with van der Waals surface area (Å²) in [6.07, 6.45) is 81.1. The molecule has 0 N–H and O–H groups in total. The zero-order valence-corrected chi connectivity index (χ0v) is 80.7. The van der Waals surface area contributed by atoms with E-state index in [1.807, 2.05) is 22.7 Å². The van der Waals surface area contributed by atoms with Crippen LogP contribution in [-0.4, -0.2) is 38.3 Å². The lowest BCUT2D eigenvalue weighted by molar-refractivity contribution is 0.00578. The zero-order valence-electron chi connectivity index (χ0n) is 75.1. The Bertz CT molecular complexity index is 3380. The Morgan fingerprint density at radius 2 is 0.491 bits per heavy atom. The lowest BCUT2D eigenvalue weighted by Gasteiger charge is -2.32. The van der Waals surface area contributed by atoms with E-state index in [2.05, 4.69) is 167 Å². The number of hydrogen-bond acceptors (Lipinski definition) is 9. The van der Waals surface area contributed by atoms with E-state index in [4.69, 9.17) is 29.2 Å². The van der Waals surface area contributed by atoms with E-state index in [1.165, 1.54) is 431 Å². The van der Waals surface area contributed by atoms with Crippen molar-refractivity contribution in [2.75, 3.05) is 0 Å². The van der Waals surface area contributed by atoms with Gasteiger partial charge in [-0.3, -0.25) is 0 Å². The predicted molar refractivity (Wildman–Crippen MR) is 516 cm³/mol. The summed E-state index contributed by atoms with van der Waals surface area (Å²) >= 11 is 13.0. The van der Waals surface area contributed by atoms with Gasteiger partial charge in [-0.1, -0.05) is 362 Å². The molecule has 0 atom stereocenters. The summed E-state index contributed by atoms with van der Waals surface area (Å²) in [5, 5.41) is 7.15. The van der Waals surface area contributed by atoms with E-state index in [-0.39, 0.29) is 18.3 Å². The van der Waals surface area contributed by atoms with Crippen LogP contribution < -0.4 is 4.78 Å². The van der Waals surface area contributed by atoms with E-state index < -0.39 is 0 Å². The van der Waals surface area contributed by atoms with Gasteiger partial charge in [0.1, 0.15) is 11.0 Å². The fourth-order valence-corrected chi connectivity index (χ4v) is 19.9. The van der Waals surface area contributed by atoms with Crippen LogP contribution in [0.4, 0.5) is 0 Å². The molecule has 2 aromatic carbocycles. The highest BCUT2D eigenvalue weighted by atomic mass is 79.9. The van der Waals surface area contributed by atoms with Crippen molar-refractivity contribution in [1.29, 1.82) is 0 Å². The standard InChI is InChI=1S/C56H90N2S2.C24H36Br2N2.C22H39BO2S/c1-5-9-13-17-21-23-25-27-29-33-37-47-43-53(59-45-47)49-41-42-50(54-44-48(46-60-54)38-34-30-28-26-24-22-18-14-10-6-2)56-55(49)57-51(39-35-31-19-15-11-7-3)52(58-56)40-36-32-20-16-12-8-4;1-3-5-7-9-11-13-15-21-22(16-14-12-10-8-6-4-2)28-24-20(26)18-17-19(25)23(24)27-21;1-6-7-8-9-10-11-12-13-14-15-16-19-17-20(26-18-19)23-24-21(2,3)22(4,5)25-23/h41-46H,5-40H2,1-4H3;17-18H,3-16H2,1-2H3;17-18H,6-16H2,1-5H3. The summed E-state index contributed by atoms with van der Waals surface area (Å²) in [5.74, 6) is 0. The molecule has 1 aliphatic heterocycles. The summed E-state index contributed by atoms with van der Waals surface area (Å²) in [6, 6.07) is 16.2. The van der Waals surface area contributed by atoms with Crippen LogP contribution in [0.1, 0.15) is 462 Å². The van der Waals surface area contributed by atoms with Gasteiger partial charge in [-0.2, -0.15) is 11.3 Å².